The van der Waals surface area contributed by atoms with Crippen LogP contribution in [-0.4, -0.2) is 49.0 Å². The average Bonchev–Trinajstić information content (AvgIpc) is 2.39. The molecule has 3 N–H and O–H groups in total. The van der Waals surface area contributed by atoms with Gasteiger partial charge < -0.3 is 20.5 Å². The number of hydrogen-bond donors (Lipinski definition) is 3. The Labute approximate surface area is 117 Å². The van der Waals surface area contributed by atoms with E-state index in [1.807, 2.05) is 6.92 Å². The molecule has 5 heteroatoms. The first kappa shape index (κ1) is 18.4. The van der Waals surface area contributed by atoms with Crippen molar-refractivity contribution in [2.24, 2.45) is 0 Å². The van der Waals surface area contributed by atoms with Gasteiger partial charge in [-0.2, -0.15) is 0 Å². The minimum absolute atomic E-state index is 0.0174. The number of amides is 1. The van der Waals surface area contributed by atoms with Crippen LogP contribution in [0.3, 0.4) is 0 Å². The van der Waals surface area contributed by atoms with Gasteiger partial charge in [-0.25, -0.2) is 0 Å². The minimum atomic E-state index is -0.862. The van der Waals surface area contributed by atoms with E-state index in [-0.39, 0.29) is 18.0 Å². The molecule has 0 aliphatic heterocycles. The van der Waals surface area contributed by atoms with Crippen molar-refractivity contribution in [3.05, 3.63) is 0 Å². The van der Waals surface area contributed by atoms with Crippen molar-refractivity contribution in [1.29, 1.82) is 0 Å². The lowest BCUT2D eigenvalue weighted by atomic mass is 10.0. The summed E-state index contributed by atoms with van der Waals surface area (Å²) in [6, 6.07) is -0.0830. The van der Waals surface area contributed by atoms with Gasteiger partial charge in [0.15, 0.2) is 0 Å². The molecule has 114 valence electrons. The summed E-state index contributed by atoms with van der Waals surface area (Å²) in [6.45, 7) is 8.54. The Hall–Kier alpha value is -0.650. The zero-order valence-electron chi connectivity index (χ0n) is 13.0. The minimum Gasteiger partial charge on any atom is -0.389 e. The van der Waals surface area contributed by atoms with Crippen molar-refractivity contribution in [3.63, 3.8) is 0 Å². The van der Waals surface area contributed by atoms with Crippen molar-refractivity contribution >= 4 is 5.91 Å². The highest BCUT2D eigenvalue weighted by Crippen LogP contribution is 2.08. The first-order chi connectivity index (χ1) is 8.86. The topological polar surface area (TPSA) is 70.6 Å². The summed E-state index contributed by atoms with van der Waals surface area (Å²) in [5, 5.41) is 16.1. The second-order valence-corrected chi connectivity index (χ2v) is 5.36. The highest BCUT2D eigenvalue weighted by molar-refractivity contribution is 5.81. The van der Waals surface area contributed by atoms with E-state index in [2.05, 4.69) is 24.5 Å². The molecule has 0 aliphatic rings. The Kier molecular flexibility index (Phi) is 8.97. The Balaban J connectivity index is 4.08. The van der Waals surface area contributed by atoms with Crippen LogP contribution in [0.4, 0.5) is 0 Å². The number of ether oxygens (including phenoxy) is 1. The molecule has 0 aromatic heterocycles. The van der Waals surface area contributed by atoms with Gasteiger partial charge in [-0.3, -0.25) is 4.79 Å². The fourth-order valence-corrected chi connectivity index (χ4v) is 1.69. The monoisotopic (exact) mass is 274 g/mol. The molecule has 0 bridgehead atoms. The molecule has 0 saturated heterocycles. The predicted octanol–water partition coefficient (Wildman–Crippen LogP) is 1.06. The van der Waals surface area contributed by atoms with Crippen LogP contribution >= 0.6 is 0 Å². The van der Waals surface area contributed by atoms with Crippen LogP contribution in [0.25, 0.3) is 0 Å². The number of carbonyl (C=O) groups is 1. The van der Waals surface area contributed by atoms with Crippen LogP contribution in [0.5, 0.6) is 0 Å². The molecule has 5 nitrogen and oxygen atoms in total. The maximum atomic E-state index is 11.9. The molecule has 0 heterocycles. The second kappa shape index (κ2) is 9.28. The molecule has 19 heavy (non-hydrogen) atoms. The molecule has 0 radical (unpaired) electrons. The third kappa shape index (κ3) is 8.18. The Morgan fingerprint density at radius 1 is 1.37 bits per heavy atom. The standard InChI is InChI=1S/C14H30N2O3/c1-6-12(7-2)16-13(17)11(3)15-10-14(4,18)8-9-19-5/h11-12,15,18H,6-10H2,1-5H3,(H,16,17). The van der Waals surface area contributed by atoms with E-state index < -0.39 is 5.60 Å². The van der Waals surface area contributed by atoms with E-state index in [0.717, 1.165) is 12.8 Å². The summed E-state index contributed by atoms with van der Waals surface area (Å²) < 4.78 is 4.95. The maximum Gasteiger partial charge on any atom is 0.237 e. The van der Waals surface area contributed by atoms with Crippen molar-refractivity contribution in [2.75, 3.05) is 20.3 Å². The molecular formula is C14H30N2O3. The lowest BCUT2D eigenvalue weighted by Crippen LogP contribution is -2.50. The van der Waals surface area contributed by atoms with Gasteiger partial charge >= 0.3 is 0 Å². The number of methoxy groups -OCH3 is 1. The van der Waals surface area contributed by atoms with Crippen LogP contribution in [0.15, 0.2) is 0 Å². The van der Waals surface area contributed by atoms with Crippen LogP contribution < -0.4 is 10.6 Å². The number of nitrogens with one attached hydrogen (secondary N) is 2. The first-order valence-electron chi connectivity index (χ1n) is 7.11. The quantitative estimate of drug-likeness (QED) is 0.557. The molecule has 1 amide bonds. The Morgan fingerprint density at radius 3 is 2.42 bits per heavy atom. The van der Waals surface area contributed by atoms with Gasteiger partial charge in [0.2, 0.25) is 5.91 Å². The highest BCUT2D eigenvalue weighted by atomic mass is 16.5. The molecule has 0 spiro atoms. The number of carbonyl (C=O) groups excluding carboxylic acids is 1. The number of aliphatic hydroxyl groups is 1. The van der Waals surface area contributed by atoms with Crippen LogP contribution in [0, 0.1) is 0 Å². The van der Waals surface area contributed by atoms with Gasteiger partial charge in [0.25, 0.3) is 0 Å². The fraction of sp³-hybridized carbons (Fsp3) is 0.929. The van der Waals surface area contributed by atoms with Crippen LogP contribution in [-0.2, 0) is 9.53 Å². The second-order valence-electron chi connectivity index (χ2n) is 5.36. The summed E-state index contributed by atoms with van der Waals surface area (Å²) in [6.07, 6.45) is 2.40. The molecule has 0 saturated carbocycles. The summed E-state index contributed by atoms with van der Waals surface area (Å²) in [5.41, 5.74) is -0.862. The normalized spacial score (nSPS) is 16.2. The van der Waals surface area contributed by atoms with Crippen LogP contribution in [0.1, 0.15) is 47.0 Å². The third-order valence-electron chi connectivity index (χ3n) is 3.36. The summed E-state index contributed by atoms with van der Waals surface area (Å²) >= 11 is 0. The Morgan fingerprint density at radius 2 is 1.95 bits per heavy atom. The maximum absolute atomic E-state index is 11.9. The molecule has 0 rings (SSSR count). The molecular weight excluding hydrogens is 244 g/mol. The molecule has 2 atom stereocenters. The molecule has 0 fully saturated rings. The average molecular weight is 274 g/mol. The van der Waals surface area contributed by atoms with Crippen molar-refractivity contribution in [3.8, 4) is 0 Å². The largest absolute Gasteiger partial charge is 0.389 e. The van der Waals surface area contributed by atoms with Crippen LogP contribution in [0.2, 0.25) is 0 Å². The van der Waals surface area contributed by atoms with Gasteiger partial charge in [-0.05, 0) is 26.7 Å². The lowest BCUT2D eigenvalue weighted by molar-refractivity contribution is -0.123. The third-order valence-corrected chi connectivity index (χ3v) is 3.36. The van der Waals surface area contributed by atoms with E-state index in [1.54, 1.807) is 14.0 Å². The van der Waals surface area contributed by atoms with Crippen molar-refractivity contribution in [1.82, 2.24) is 10.6 Å². The smallest absolute Gasteiger partial charge is 0.237 e. The highest BCUT2D eigenvalue weighted by Gasteiger charge is 2.23. The van der Waals surface area contributed by atoms with Crippen molar-refractivity contribution < 1.29 is 14.6 Å². The molecule has 0 aliphatic carbocycles. The van der Waals surface area contributed by atoms with E-state index in [0.29, 0.717) is 19.6 Å². The summed E-state index contributed by atoms with van der Waals surface area (Å²) in [7, 11) is 1.61. The van der Waals surface area contributed by atoms with Gasteiger partial charge in [0, 0.05) is 32.7 Å². The predicted molar refractivity (Wildman–Crippen MR) is 77.1 cm³/mol. The molecule has 2 unspecified atom stereocenters. The summed E-state index contributed by atoms with van der Waals surface area (Å²) in [5.74, 6) is -0.0174. The van der Waals surface area contributed by atoms with Gasteiger partial charge in [-0.15, -0.1) is 0 Å². The number of hydrogen-bond acceptors (Lipinski definition) is 4. The van der Waals surface area contributed by atoms with E-state index in [4.69, 9.17) is 4.74 Å². The van der Waals surface area contributed by atoms with E-state index >= 15 is 0 Å². The van der Waals surface area contributed by atoms with Gasteiger partial charge in [-0.1, -0.05) is 13.8 Å². The zero-order valence-corrected chi connectivity index (χ0v) is 13.0. The van der Waals surface area contributed by atoms with E-state index in [9.17, 15) is 9.90 Å². The Bertz CT molecular complexity index is 253. The fourth-order valence-electron chi connectivity index (χ4n) is 1.69. The molecule has 0 aromatic rings. The first-order valence-corrected chi connectivity index (χ1v) is 7.11. The van der Waals surface area contributed by atoms with Gasteiger partial charge in [0.05, 0.1) is 11.6 Å². The van der Waals surface area contributed by atoms with Crippen molar-refractivity contribution in [2.45, 2.75) is 64.6 Å². The van der Waals surface area contributed by atoms with E-state index in [1.165, 1.54) is 0 Å². The lowest BCUT2D eigenvalue weighted by Gasteiger charge is -2.26. The number of rotatable bonds is 10. The molecule has 0 aromatic carbocycles. The summed E-state index contributed by atoms with van der Waals surface area (Å²) in [4.78, 5) is 11.9. The zero-order chi connectivity index (χ0) is 14.9. The van der Waals surface area contributed by atoms with Gasteiger partial charge in [0.1, 0.15) is 0 Å². The SMILES string of the molecule is CCC(CC)NC(=O)C(C)NCC(C)(O)CCOC.